The van der Waals surface area contributed by atoms with Crippen molar-refractivity contribution < 1.29 is 9.53 Å². The van der Waals surface area contributed by atoms with Gasteiger partial charge in [0.1, 0.15) is 11.8 Å². The van der Waals surface area contributed by atoms with E-state index >= 15 is 0 Å². The maximum Gasteiger partial charge on any atom is 0.258 e. The number of benzene rings is 2. The summed E-state index contributed by atoms with van der Waals surface area (Å²) in [6, 6.07) is 19.8. The van der Waals surface area contributed by atoms with E-state index in [4.69, 9.17) is 4.74 Å². The predicted octanol–water partition coefficient (Wildman–Crippen LogP) is 3.88. The molecule has 0 spiro atoms. The number of ether oxygens (including phenoxy) is 1. The van der Waals surface area contributed by atoms with Gasteiger partial charge in [-0.25, -0.2) is 0 Å². The van der Waals surface area contributed by atoms with Crippen molar-refractivity contribution in [1.29, 1.82) is 0 Å². The van der Waals surface area contributed by atoms with Crippen molar-refractivity contribution in [1.82, 2.24) is 15.1 Å². The van der Waals surface area contributed by atoms with Crippen molar-refractivity contribution in [3.63, 3.8) is 0 Å². The van der Waals surface area contributed by atoms with Crippen molar-refractivity contribution in [2.24, 2.45) is 0 Å². The Morgan fingerprint density at radius 2 is 2.00 bits per heavy atom. The summed E-state index contributed by atoms with van der Waals surface area (Å²) < 4.78 is 7.52. The molecule has 1 atom stereocenters. The second kappa shape index (κ2) is 8.05. The SMILES string of the molecule is O=C(COc1ccc2ccccc2c1)NCC(c1cccs1)n1cccn1. The van der Waals surface area contributed by atoms with E-state index in [-0.39, 0.29) is 18.6 Å². The number of thiophene rings is 1. The van der Waals surface area contributed by atoms with Crippen LogP contribution >= 0.6 is 11.3 Å². The van der Waals surface area contributed by atoms with Crippen LogP contribution in [0.1, 0.15) is 10.9 Å². The first kappa shape index (κ1) is 17.3. The molecule has 6 heteroatoms. The third kappa shape index (κ3) is 4.17. The minimum absolute atomic E-state index is 0.0192. The highest BCUT2D eigenvalue weighted by Crippen LogP contribution is 2.22. The Morgan fingerprint density at radius 3 is 2.78 bits per heavy atom. The lowest BCUT2D eigenvalue weighted by atomic mass is 10.1. The molecule has 0 aliphatic carbocycles. The average Bonchev–Trinajstić information content (AvgIpc) is 3.41. The van der Waals surface area contributed by atoms with Gasteiger partial charge in [0.15, 0.2) is 6.61 Å². The molecule has 136 valence electrons. The normalized spacial score (nSPS) is 12.0. The van der Waals surface area contributed by atoms with E-state index in [2.05, 4.69) is 16.5 Å². The molecule has 1 N–H and O–H groups in total. The summed E-state index contributed by atoms with van der Waals surface area (Å²) in [6.07, 6.45) is 3.65. The van der Waals surface area contributed by atoms with Gasteiger partial charge in [-0.15, -0.1) is 11.3 Å². The van der Waals surface area contributed by atoms with E-state index in [0.717, 1.165) is 15.6 Å². The molecule has 4 rings (SSSR count). The summed E-state index contributed by atoms with van der Waals surface area (Å²) in [6.45, 7) is 0.441. The average molecular weight is 377 g/mol. The maximum atomic E-state index is 12.3. The zero-order valence-electron chi connectivity index (χ0n) is 14.6. The molecule has 0 saturated heterocycles. The molecular formula is C21H19N3O2S. The van der Waals surface area contributed by atoms with Crippen molar-refractivity contribution >= 4 is 28.0 Å². The van der Waals surface area contributed by atoms with E-state index in [1.807, 2.05) is 70.9 Å². The lowest BCUT2D eigenvalue weighted by Gasteiger charge is -2.17. The minimum atomic E-state index is -0.156. The lowest BCUT2D eigenvalue weighted by Crippen LogP contribution is -2.34. The topological polar surface area (TPSA) is 56.1 Å². The van der Waals surface area contributed by atoms with Gasteiger partial charge in [-0.1, -0.05) is 36.4 Å². The molecule has 0 aliphatic rings. The number of carbonyl (C=O) groups is 1. The van der Waals surface area contributed by atoms with Crippen LogP contribution in [0, 0.1) is 0 Å². The third-order valence-corrected chi connectivity index (χ3v) is 5.27. The van der Waals surface area contributed by atoms with Gasteiger partial charge < -0.3 is 10.1 Å². The number of nitrogens with zero attached hydrogens (tertiary/aromatic N) is 2. The van der Waals surface area contributed by atoms with Crippen LogP contribution in [0.2, 0.25) is 0 Å². The number of aromatic nitrogens is 2. The molecule has 0 saturated carbocycles. The molecular weight excluding hydrogens is 358 g/mol. The molecule has 4 aromatic rings. The largest absolute Gasteiger partial charge is 0.484 e. The van der Waals surface area contributed by atoms with Crippen LogP contribution in [0.4, 0.5) is 0 Å². The Kier molecular flexibility index (Phi) is 5.16. The highest BCUT2D eigenvalue weighted by molar-refractivity contribution is 7.10. The Morgan fingerprint density at radius 1 is 1.11 bits per heavy atom. The summed E-state index contributed by atoms with van der Waals surface area (Å²) in [4.78, 5) is 13.4. The van der Waals surface area contributed by atoms with E-state index in [1.165, 1.54) is 0 Å². The second-order valence-electron chi connectivity index (χ2n) is 6.12. The Labute approximate surface area is 161 Å². The molecule has 2 aromatic carbocycles. The van der Waals surface area contributed by atoms with Crippen LogP contribution in [-0.4, -0.2) is 28.8 Å². The molecule has 27 heavy (non-hydrogen) atoms. The fraction of sp³-hybridized carbons (Fsp3) is 0.143. The van der Waals surface area contributed by atoms with Crippen LogP contribution in [0.15, 0.2) is 78.4 Å². The highest BCUT2D eigenvalue weighted by atomic mass is 32.1. The number of carbonyl (C=O) groups excluding carboxylic acids is 1. The highest BCUT2D eigenvalue weighted by Gasteiger charge is 2.16. The third-order valence-electron chi connectivity index (χ3n) is 4.30. The Bertz CT molecular complexity index is 979. The first-order chi connectivity index (χ1) is 13.3. The fourth-order valence-electron chi connectivity index (χ4n) is 2.94. The number of amides is 1. The first-order valence-corrected chi connectivity index (χ1v) is 9.58. The zero-order chi connectivity index (χ0) is 18.5. The number of fused-ring (bicyclic) bond motifs is 1. The van der Waals surface area contributed by atoms with Gasteiger partial charge in [0.05, 0.1) is 0 Å². The van der Waals surface area contributed by atoms with Crippen LogP contribution in [-0.2, 0) is 4.79 Å². The number of rotatable bonds is 7. The van der Waals surface area contributed by atoms with E-state index in [0.29, 0.717) is 12.3 Å². The van der Waals surface area contributed by atoms with Crippen LogP contribution < -0.4 is 10.1 Å². The van der Waals surface area contributed by atoms with Gasteiger partial charge in [-0.2, -0.15) is 5.10 Å². The molecule has 2 aromatic heterocycles. The van der Waals surface area contributed by atoms with Gasteiger partial charge in [-0.3, -0.25) is 9.48 Å². The van der Waals surface area contributed by atoms with Gasteiger partial charge in [0.25, 0.3) is 5.91 Å². The molecule has 2 heterocycles. The molecule has 5 nitrogen and oxygen atoms in total. The van der Waals surface area contributed by atoms with E-state index in [1.54, 1.807) is 17.5 Å². The van der Waals surface area contributed by atoms with Gasteiger partial charge in [-0.05, 0) is 40.4 Å². The summed E-state index contributed by atoms with van der Waals surface area (Å²) in [5.41, 5.74) is 0. The molecule has 0 radical (unpaired) electrons. The number of hydrogen-bond acceptors (Lipinski definition) is 4. The van der Waals surface area contributed by atoms with Crippen molar-refractivity contribution in [2.75, 3.05) is 13.2 Å². The van der Waals surface area contributed by atoms with Gasteiger partial charge >= 0.3 is 0 Å². The van der Waals surface area contributed by atoms with Gasteiger partial charge in [0, 0.05) is 23.8 Å². The Balaban J connectivity index is 1.35. The first-order valence-electron chi connectivity index (χ1n) is 8.70. The van der Waals surface area contributed by atoms with Crippen LogP contribution in [0.5, 0.6) is 5.75 Å². The summed E-state index contributed by atoms with van der Waals surface area (Å²) in [5.74, 6) is 0.530. The summed E-state index contributed by atoms with van der Waals surface area (Å²) in [5, 5.41) is 11.5. The fourth-order valence-corrected chi connectivity index (χ4v) is 3.76. The summed E-state index contributed by atoms with van der Waals surface area (Å²) in [7, 11) is 0. The number of hydrogen-bond donors (Lipinski definition) is 1. The minimum Gasteiger partial charge on any atom is -0.484 e. The monoisotopic (exact) mass is 377 g/mol. The van der Waals surface area contributed by atoms with E-state index < -0.39 is 0 Å². The van der Waals surface area contributed by atoms with Gasteiger partial charge in [0.2, 0.25) is 0 Å². The van der Waals surface area contributed by atoms with E-state index in [9.17, 15) is 4.79 Å². The second-order valence-corrected chi connectivity index (χ2v) is 7.10. The lowest BCUT2D eigenvalue weighted by molar-refractivity contribution is -0.123. The van der Waals surface area contributed by atoms with Crippen molar-refractivity contribution in [2.45, 2.75) is 6.04 Å². The molecule has 0 bridgehead atoms. The molecule has 1 unspecified atom stereocenters. The standard InChI is InChI=1S/C21H19N3O2S/c25-21(15-26-18-9-8-16-5-1-2-6-17(16)13-18)22-14-19(20-7-3-12-27-20)24-11-4-10-23-24/h1-13,19H,14-15H2,(H,22,25). The molecule has 0 fully saturated rings. The van der Waals surface area contributed by atoms with Crippen LogP contribution in [0.25, 0.3) is 10.8 Å². The van der Waals surface area contributed by atoms with Crippen molar-refractivity contribution in [3.05, 3.63) is 83.3 Å². The maximum absolute atomic E-state index is 12.3. The van der Waals surface area contributed by atoms with Crippen LogP contribution in [0.3, 0.4) is 0 Å². The predicted molar refractivity (Wildman–Crippen MR) is 107 cm³/mol. The number of nitrogens with one attached hydrogen (secondary N) is 1. The smallest absolute Gasteiger partial charge is 0.258 e. The quantitative estimate of drug-likeness (QED) is 0.532. The molecule has 1 amide bonds. The molecule has 0 aliphatic heterocycles. The zero-order valence-corrected chi connectivity index (χ0v) is 15.4. The summed E-state index contributed by atoms with van der Waals surface area (Å²) >= 11 is 1.65. The van der Waals surface area contributed by atoms with Crippen molar-refractivity contribution in [3.8, 4) is 5.75 Å². The Hall–Kier alpha value is -3.12.